The molecule has 0 saturated carbocycles. The van der Waals surface area contributed by atoms with Crippen molar-refractivity contribution < 1.29 is 5.11 Å². The van der Waals surface area contributed by atoms with Crippen molar-refractivity contribution in [3.8, 4) is 17.1 Å². The third kappa shape index (κ3) is 2.52. The minimum Gasteiger partial charge on any atom is -0.507 e. The molecule has 1 aromatic heterocycles. The van der Waals surface area contributed by atoms with Gasteiger partial charge in [0, 0.05) is 11.8 Å². The number of aryl methyl sites for hydroxylation is 2. The highest BCUT2D eigenvalue weighted by atomic mass is 127. The van der Waals surface area contributed by atoms with Gasteiger partial charge in [-0.3, -0.25) is 0 Å². The van der Waals surface area contributed by atoms with Crippen LogP contribution < -0.4 is 0 Å². The number of aromatic hydroxyl groups is 1. The van der Waals surface area contributed by atoms with Gasteiger partial charge in [0.1, 0.15) is 10.9 Å². The van der Waals surface area contributed by atoms with Gasteiger partial charge in [-0.05, 0) is 59.7 Å². The van der Waals surface area contributed by atoms with Gasteiger partial charge in [-0.2, -0.15) is 0 Å². The molecule has 2 rings (SSSR count). The van der Waals surface area contributed by atoms with E-state index in [-0.39, 0.29) is 0 Å². The van der Waals surface area contributed by atoms with Gasteiger partial charge in [0.15, 0.2) is 5.82 Å². The van der Waals surface area contributed by atoms with Gasteiger partial charge in [0.2, 0.25) is 0 Å². The minimum atomic E-state index is 0.311. The van der Waals surface area contributed by atoms with Gasteiger partial charge in [-0.15, -0.1) is 0 Å². The quantitative estimate of drug-likeness (QED) is 0.623. The van der Waals surface area contributed by atoms with E-state index in [9.17, 15) is 5.11 Å². The first kappa shape index (κ1) is 12.6. The summed E-state index contributed by atoms with van der Waals surface area (Å²) in [7, 11) is 0. The van der Waals surface area contributed by atoms with E-state index >= 15 is 0 Å². The molecule has 1 aromatic carbocycles. The summed E-state index contributed by atoms with van der Waals surface area (Å²) in [5.41, 5.74) is 2.47. The van der Waals surface area contributed by atoms with Crippen molar-refractivity contribution in [2.45, 2.75) is 13.8 Å². The van der Waals surface area contributed by atoms with E-state index in [1.165, 1.54) is 0 Å². The van der Waals surface area contributed by atoms with Crippen molar-refractivity contribution >= 4 is 34.2 Å². The predicted molar refractivity (Wildman–Crippen MR) is 76.3 cm³/mol. The molecule has 3 nitrogen and oxygen atoms in total. The minimum absolute atomic E-state index is 0.311. The summed E-state index contributed by atoms with van der Waals surface area (Å²) in [6.07, 6.45) is 1.68. The molecule has 2 aromatic rings. The second-order valence-electron chi connectivity index (χ2n) is 3.79. The summed E-state index contributed by atoms with van der Waals surface area (Å²) >= 11 is 8.05. The van der Waals surface area contributed by atoms with Crippen molar-refractivity contribution in [1.82, 2.24) is 9.97 Å². The molecule has 0 fully saturated rings. The number of phenolic OH excluding ortho intramolecular Hbond substituents is 1. The predicted octanol–water partition coefficient (Wildman–Crippen LogP) is 3.72. The van der Waals surface area contributed by atoms with Crippen LogP contribution in [0.4, 0.5) is 0 Å². The van der Waals surface area contributed by atoms with Crippen LogP contribution in [0.25, 0.3) is 11.4 Å². The van der Waals surface area contributed by atoms with Crippen LogP contribution in [-0.2, 0) is 0 Å². The van der Waals surface area contributed by atoms with Crippen molar-refractivity contribution in [3.63, 3.8) is 0 Å². The number of hydrogen-bond donors (Lipinski definition) is 1. The van der Waals surface area contributed by atoms with Crippen LogP contribution in [0.1, 0.15) is 11.1 Å². The fourth-order valence-corrected chi connectivity index (χ4v) is 1.96. The van der Waals surface area contributed by atoms with Crippen molar-refractivity contribution in [2.24, 2.45) is 0 Å². The Bertz CT molecular complexity index is 564. The molecule has 5 heteroatoms. The van der Waals surface area contributed by atoms with Gasteiger partial charge in [0.25, 0.3) is 0 Å². The Labute approximate surface area is 118 Å². The number of phenols is 1. The van der Waals surface area contributed by atoms with E-state index in [1.54, 1.807) is 6.20 Å². The second-order valence-corrected chi connectivity index (χ2v) is 5.31. The first-order chi connectivity index (χ1) is 7.99. The Morgan fingerprint density at radius 1 is 1.24 bits per heavy atom. The molecule has 0 unspecified atom stereocenters. The van der Waals surface area contributed by atoms with Crippen LogP contribution in [0.5, 0.6) is 5.75 Å². The van der Waals surface area contributed by atoms with Gasteiger partial charge in [0.05, 0.1) is 3.57 Å². The van der Waals surface area contributed by atoms with Gasteiger partial charge in [-0.1, -0.05) is 11.6 Å². The largest absolute Gasteiger partial charge is 0.507 e. The molecule has 1 heterocycles. The molecule has 88 valence electrons. The molecule has 0 amide bonds. The maximum atomic E-state index is 9.71. The lowest BCUT2D eigenvalue weighted by Crippen LogP contribution is -1.93. The van der Waals surface area contributed by atoms with Gasteiger partial charge < -0.3 is 5.11 Å². The molecule has 0 spiro atoms. The highest BCUT2D eigenvalue weighted by Crippen LogP contribution is 2.28. The normalized spacial score (nSPS) is 10.6. The van der Waals surface area contributed by atoms with E-state index in [2.05, 4.69) is 32.6 Å². The molecule has 0 saturated heterocycles. The van der Waals surface area contributed by atoms with Crippen LogP contribution in [0.15, 0.2) is 18.3 Å². The fourth-order valence-electron chi connectivity index (χ4n) is 1.57. The highest BCUT2D eigenvalue weighted by Gasteiger charge is 2.09. The highest BCUT2D eigenvalue weighted by molar-refractivity contribution is 14.1. The lowest BCUT2D eigenvalue weighted by molar-refractivity contribution is 0.467. The number of aromatic nitrogens is 2. The fraction of sp³-hybridized carbons (Fsp3) is 0.167. The molecule has 1 N–H and O–H groups in total. The van der Waals surface area contributed by atoms with Gasteiger partial charge >= 0.3 is 0 Å². The van der Waals surface area contributed by atoms with E-state index in [4.69, 9.17) is 11.6 Å². The van der Waals surface area contributed by atoms with Crippen molar-refractivity contribution in [2.75, 3.05) is 0 Å². The maximum Gasteiger partial charge on any atom is 0.160 e. The molecule has 0 radical (unpaired) electrons. The number of hydrogen-bond acceptors (Lipinski definition) is 3. The molecular weight excluding hydrogens is 351 g/mol. The first-order valence-electron chi connectivity index (χ1n) is 4.97. The smallest absolute Gasteiger partial charge is 0.160 e. The van der Waals surface area contributed by atoms with E-state index in [0.29, 0.717) is 16.7 Å². The Morgan fingerprint density at radius 2 is 1.82 bits per heavy atom. The zero-order valence-electron chi connectivity index (χ0n) is 9.33. The van der Waals surface area contributed by atoms with E-state index < -0.39 is 0 Å². The zero-order chi connectivity index (χ0) is 12.6. The molecule has 0 bridgehead atoms. The number of rotatable bonds is 1. The van der Waals surface area contributed by atoms with E-state index in [0.717, 1.165) is 20.3 Å². The topological polar surface area (TPSA) is 46.0 Å². The SMILES string of the molecule is Cc1cc(-c2ncc(I)c(Cl)n2)cc(C)c1O. The average molecular weight is 361 g/mol. The summed E-state index contributed by atoms with van der Waals surface area (Å²) in [6.45, 7) is 3.69. The second kappa shape index (κ2) is 4.78. The van der Waals surface area contributed by atoms with Crippen molar-refractivity contribution in [1.29, 1.82) is 0 Å². The molecule has 0 aliphatic heterocycles. The molecule has 0 atom stereocenters. The number of halogens is 2. The third-order valence-corrected chi connectivity index (χ3v) is 3.85. The van der Waals surface area contributed by atoms with Gasteiger partial charge in [-0.25, -0.2) is 9.97 Å². The van der Waals surface area contributed by atoms with E-state index in [1.807, 2.05) is 26.0 Å². The Balaban J connectivity index is 2.57. The molecule has 17 heavy (non-hydrogen) atoms. The Morgan fingerprint density at radius 3 is 2.35 bits per heavy atom. The van der Waals surface area contributed by atoms with Crippen LogP contribution in [0.2, 0.25) is 5.15 Å². The monoisotopic (exact) mass is 360 g/mol. The zero-order valence-corrected chi connectivity index (χ0v) is 12.2. The number of benzene rings is 1. The first-order valence-corrected chi connectivity index (χ1v) is 6.43. The standard InChI is InChI=1S/C12H10ClIN2O/c1-6-3-8(4-7(2)10(6)17)12-15-5-9(14)11(13)16-12/h3-5,17H,1-2H3. The maximum absolute atomic E-state index is 9.71. The summed E-state index contributed by atoms with van der Waals surface area (Å²) in [5.74, 6) is 0.881. The molecule has 0 aliphatic rings. The van der Waals surface area contributed by atoms with Crippen LogP contribution in [-0.4, -0.2) is 15.1 Å². The summed E-state index contributed by atoms with van der Waals surface area (Å²) in [4.78, 5) is 8.46. The lowest BCUT2D eigenvalue weighted by atomic mass is 10.1. The lowest BCUT2D eigenvalue weighted by Gasteiger charge is -2.07. The summed E-state index contributed by atoms with van der Waals surface area (Å²) < 4.78 is 0.820. The van der Waals surface area contributed by atoms with Crippen LogP contribution in [0, 0.1) is 17.4 Å². The van der Waals surface area contributed by atoms with Crippen molar-refractivity contribution in [3.05, 3.63) is 38.2 Å². The average Bonchev–Trinajstić information content (AvgIpc) is 2.29. The Hall–Kier alpha value is -0.880. The number of nitrogens with zero attached hydrogens (tertiary/aromatic N) is 2. The Kier molecular flexibility index (Phi) is 3.53. The van der Waals surface area contributed by atoms with Crippen LogP contribution in [0.3, 0.4) is 0 Å². The third-order valence-electron chi connectivity index (χ3n) is 2.45. The summed E-state index contributed by atoms with van der Waals surface area (Å²) in [6, 6.07) is 3.70. The van der Waals surface area contributed by atoms with Crippen LogP contribution >= 0.6 is 34.2 Å². The summed E-state index contributed by atoms with van der Waals surface area (Å²) in [5, 5.41) is 10.2. The molecule has 0 aliphatic carbocycles. The molecular formula is C12H10ClIN2O.